The monoisotopic (exact) mass is 326 g/mol. The maximum absolute atomic E-state index is 6.44. The summed E-state index contributed by atoms with van der Waals surface area (Å²) in [5, 5.41) is 7.82. The first-order chi connectivity index (χ1) is 11.8. The third-order valence-electron chi connectivity index (χ3n) is 5.45. The molecule has 1 saturated carbocycles. The van der Waals surface area contributed by atoms with E-state index in [-0.39, 0.29) is 5.60 Å². The lowest BCUT2D eigenvalue weighted by molar-refractivity contribution is -0.0624. The predicted molar refractivity (Wildman–Crippen MR) is 93.0 cm³/mol. The van der Waals surface area contributed by atoms with Gasteiger partial charge in [0, 0.05) is 13.1 Å². The Kier molecular flexibility index (Phi) is 4.63. The number of rotatable bonds is 5. The summed E-state index contributed by atoms with van der Waals surface area (Å²) in [6.45, 7) is 1.75. The van der Waals surface area contributed by atoms with E-state index in [1.165, 1.54) is 50.5 Å². The summed E-state index contributed by atoms with van der Waals surface area (Å²) in [6.07, 6.45) is 12.7. The first-order valence-electron chi connectivity index (χ1n) is 9.16. The molecule has 1 aromatic heterocycles. The van der Waals surface area contributed by atoms with Gasteiger partial charge in [0.2, 0.25) is 0 Å². The van der Waals surface area contributed by atoms with Gasteiger partial charge in [-0.25, -0.2) is 9.67 Å². The Morgan fingerprint density at radius 2 is 2.04 bits per heavy atom. The molecule has 1 aliphatic heterocycles. The molecule has 0 bridgehead atoms. The van der Waals surface area contributed by atoms with Gasteiger partial charge in [0.15, 0.2) is 0 Å². The highest BCUT2D eigenvalue weighted by molar-refractivity contribution is 5.39. The minimum Gasteiger partial charge on any atom is -0.370 e. The van der Waals surface area contributed by atoms with Crippen LogP contribution < -0.4 is 5.32 Å². The van der Waals surface area contributed by atoms with Gasteiger partial charge in [-0.1, -0.05) is 37.5 Å². The van der Waals surface area contributed by atoms with E-state index in [4.69, 9.17) is 4.74 Å². The molecule has 2 heterocycles. The first-order valence-corrected chi connectivity index (χ1v) is 9.16. The summed E-state index contributed by atoms with van der Waals surface area (Å²) in [5.74, 6) is 0. The normalized spacial score (nSPS) is 22.9. The van der Waals surface area contributed by atoms with Crippen LogP contribution in [0.25, 0.3) is 5.69 Å². The van der Waals surface area contributed by atoms with Crippen molar-refractivity contribution >= 4 is 0 Å². The van der Waals surface area contributed by atoms with Crippen molar-refractivity contribution in [2.75, 3.05) is 6.54 Å². The van der Waals surface area contributed by atoms with Gasteiger partial charge in [-0.3, -0.25) is 0 Å². The molecule has 5 heteroatoms. The van der Waals surface area contributed by atoms with Gasteiger partial charge in [-0.05, 0) is 37.3 Å². The van der Waals surface area contributed by atoms with Crippen LogP contribution in [0.3, 0.4) is 0 Å². The molecule has 5 nitrogen and oxygen atoms in total. The van der Waals surface area contributed by atoms with E-state index in [0.717, 1.165) is 18.8 Å². The summed E-state index contributed by atoms with van der Waals surface area (Å²) < 4.78 is 8.26. The molecule has 0 amide bonds. The number of nitrogens with zero attached hydrogens (tertiary/aromatic N) is 3. The maximum Gasteiger partial charge on any atom is 0.138 e. The topological polar surface area (TPSA) is 52.0 Å². The van der Waals surface area contributed by atoms with Crippen molar-refractivity contribution in [1.82, 2.24) is 20.1 Å². The lowest BCUT2D eigenvalue weighted by Gasteiger charge is -2.33. The highest BCUT2D eigenvalue weighted by Crippen LogP contribution is 2.41. The molecule has 1 saturated heterocycles. The lowest BCUT2D eigenvalue weighted by Crippen LogP contribution is -2.34. The molecule has 2 aromatic rings. The highest BCUT2D eigenvalue weighted by atomic mass is 16.5. The lowest BCUT2D eigenvalue weighted by atomic mass is 9.83. The third kappa shape index (κ3) is 3.37. The number of nitrogens with one attached hydrogen (secondary N) is 1. The largest absolute Gasteiger partial charge is 0.370 e. The molecule has 2 aliphatic rings. The highest BCUT2D eigenvalue weighted by Gasteiger charge is 2.40. The summed E-state index contributed by atoms with van der Waals surface area (Å²) in [5.41, 5.74) is 2.52. The van der Waals surface area contributed by atoms with Gasteiger partial charge >= 0.3 is 0 Å². The molecule has 24 heavy (non-hydrogen) atoms. The van der Waals surface area contributed by atoms with Crippen molar-refractivity contribution in [3.63, 3.8) is 0 Å². The van der Waals surface area contributed by atoms with Crippen LogP contribution >= 0.6 is 0 Å². The number of para-hydroxylation sites is 1. The molecule has 2 fully saturated rings. The number of hydrogen-bond acceptors (Lipinski definition) is 4. The second kappa shape index (κ2) is 7.03. The Morgan fingerprint density at radius 3 is 2.88 bits per heavy atom. The van der Waals surface area contributed by atoms with Gasteiger partial charge in [0.25, 0.3) is 0 Å². The van der Waals surface area contributed by atoms with Crippen LogP contribution in [0.5, 0.6) is 0 Å². The summed E-state index contributed by atoms with van der Waals surface area (Å²) in [6, 6.07) is 8.32. The van der Waals surface area contributed by atoms with Crippen LogP contribution in [0.1, 0.15) is 50.5 Å². The fraction of sp³-hybridized carbons (Fsp3) is 0.579. The molecule has 1 atom stereocenters. The van der Waals surface area contributed by atoms with Crippen molar-refractivity contribution in [2.24, 2.45) is 0 Å². The average Bonchev–Trinajstić information content (AvgIpc) is 3.27. The van der Waals surface area contributed by atoms with Crippen molar-refractivity contribution in [1.29, 1.82) is 0 Å². The summed E-state index contributed by atoms with van der Waals surface area (Å²) in [7, 11) is 0. The molecule has 1 aliphatic carbocycles. The van der Waals surface area contributed by atoms with Crippen LogP contribution in [-0.4, -0.2) is 33.0 Å². The van der Waals surface area contributed by atoms with Gasteiger partial charge < -0.3 is 10.1 Å². The molecule has 1 N–H and O–H groups in total. The molecular weight excluding hydrogens is 300 g/mol. The van der Waals surface area contributed by atoms with Crippen molar-refractivity contribution < 1.29 is 4.74 Å². The van der Waals surface area contributed by atoms with Crippen LogP contribution in [0, 0.1) is 0 Å². The molecule has 1 aromatic carbocycles. The Labute approximate surface area is 143 Å². The average molecular weight is 326 g/mol. The Morgan fingerprint density at radius 1 is 1.17 bits per heavy atom. The Bertz CT molecular complexity index is 649. The van der Waals surface area contributed by atoms with E-state index in [1.807, 2.05) is 10.7 Å². The SMILES string of the molecule is c1ccc(-n2cncn2)c(CNCC2CCC3(CCCCC3)O2)c1. The molecule has 1 spiro atoms. The summed E-state index contributed by atoms with van der Waals surface area (Å²) >= 11 is 0. The molecule has 128 valence electrons. The standard InChI is InChI=1S/C19H26N4O/c1-4-9-19(10-5-1)11-8-17(24-19)13-20-12-16-6-2-3-7-18(16)23-15-21-14-22-23/h2-3,6-7,14-15,17,20H,1,4-5,8-13H2. The van der Waals surface area contributed by atoms with Crippen LogP contribution in [0.15, 0.2) is 36.9 Å². The van der Waals surface area contributed by atoms with E-state index in [0.29, 0.717) is 6.10 Å². The van der Waals surface area contributed by atoms with E-state index < -0.39 is 0 Å². The van der Waals surface area contributed by atoms with E-state index >= 15 is 0 Å². The minimum atomic E-state index is 0.212. The number of hydrogen-bond donors (Lipinski definition) is 1. The zero-order chi connectivity index (χ0) is 16.2. The number of benzene rings is 1. The smallest absolute Gasteiger partial charge is 0.138 e. The van der Waals surface area contributed by atoms with Crippen molar-refractivity contribution in [3.8, 4) is 5.69 Å². The van der Waals surface area contributed by atoms with Gasteiger partial charge in [-0.2, -0.15) is 5.10 Å². The van der Waals surface area contributed by atoms with Crippen LogP contribution in [0.4, 0.5) is 0 Å². The quantitative estimate of drug-likeness (QED) is 0.916. The molecular formula is C19H26N4O. The van der Waals surface area contributed by atoms with Crippen LogP contribution in [-0.2, 0) is 11.3 Å². The van der Waals surface area contributed by atoms with Crippen molar-refractivity contribution in [2.45, 2.75) is 63.2 Å². The zero-order valence-electron chi connectivity index (χ0n) is 14.2. The predicted octanol–water partition coefficient (Wildman–Crippen LogP) is 3.24. The molecule has 4 rings (SSSR count). The second-order valence-electron chi connectivity index (χ2n) is 7.12. The Hall–Kier alpha value is -1.72. The maximum atomic E-state index is 6.44. The van der Waals surface area contributed by atoms with E-state index in [9.17, 15) is 0 Å². The zero-order valence-corrected chi connectivity index (χ0v) is 14.2. The fourth-order valence-corrected chi connectivity index (χ4v) is 4.19. The van der Waals surface area contributed by atoms with Crippen LogP contribution in [0.2, 0.25) is 0 Å². The number of ether oxygens (including phenoxy) is 1. The molecule has 1 unspecified atom stereocenters. The third-order valence-corrected chi connectivity index (χ3v) is 5.45. The van der Waals surface area contributed by atoms with Gasteiger partial charge in [0.1, 0.15) is 12.7 Å². The van der Waals surface area contributed by atoms with E-state index in [1.54, 1.807) is 12.7 Å². The molecule has 0 radical (unpaired) electrons. The minimum absolute atomic E-state index is 0.212. The van der Waals surface area contributed by atoms with Gasteiger partial charge in [0.05, 0.1) is 17.4 Å². The summed E-state index contributed by atoms with van der Waals surface area (Å²) in [4.78, 5) is 4.04. The van der Waals surface area contributed by atoms with Crippen molar-refractivity contribution in [3.05, 3.63) is 42.5 Å². The number of aromatic nitrogens is 3. The fourth-order valence-electron chi connectivity index (χ4n) is 4.19. The Balaban J connectivity index is 1.32. The second-order valence-corrected chi connectivity index (χ2v) is 7.12. The first kappa shape index (κ1) is 15.8. The van der Waals surface area contributed by atoms with Gasteiger partial charge in [-0.15, -0.1) is 0 Å². The van der Waals surface area contributed by atoms with E-state index in [2.05, 4.69) is 33.6 Å².